The van der Waals surface area contributed by atoms with E-state index in [1.165, 1.54) is 0 Å². The predicted octanol–water partition coefficient (Wildman–Crippen LogP) is -1.62. The van der Waals surface area contributed by atoms with Gasteiger partial charge in [0.25, 0.3) is 0 Å². The van der Waals surface area contributed by atoms with Crippen molar-refractivity contribution < 1.29 is 10.2 Å². The zero-order valence-corrected chi connectivity index (χ0v) is 5.88. The summed E-state index contributed by atoms with van der Waals surface area (Å²) in [5, 5.41) is 16.9. The molecule has 0 radical (unpaired) electrons. The molecule has 0 bridgehead atoms. The summed E-state index contributed by atoms with van der Waals surface area (Å²) in [7, 11) is 0. The van der Waals surface area contributed by atoms with Crippen LogP contribution >= 0.6 is 0 Å². The second kappa shape index (κ2) is 10.1. The van der Waals surface area contributed by atoms with Crippen LogP contribution in [0.3, 0.4) is 0 Å². The molecule has 0 heterocycles. The van der Waals surface area contributed by atoms with Gasteiger partial charge in [-0.25, -0.2) is 0 Å². The van der Waals surface area contributed by atoms with Crippen LogP contribution in [0.5, 0.6) is 0 Å². The van der Waals surface area contributed by atoms with Gasteiger partial charge >= 0.3 is 37.7 Å². The molecule has 0 aliphatic rings. The maximum absolute atomic E-state index is 8.47. The number of aliphatic hydroxyl groups is 2. The average molecular weight is 175 g/mol. The van der Waals surface area contributed by atoms with Crippen molar-refractivity contribution in [2.45, 2.75) is 6.92 Å². The van der Waals surface area contributed by atoms with Gasteiger partial charge < -0.3 is 10.2 Å². The molecule has 0 aliphatic carbocycles. The third kappa shape index (κ3) is 7.25. The topological polar surface area (TPSA) is 43.7 Å². The van der Waals surface area contributed by atoms with E-state index in [1.807, 2.05) is 11.8 Å². The summed E-state index contributed by atoms with van der Waals surface area (Å²) in [6, 6.07) is 0. The summed E-state index contributed by atoms with van der Waals surface area (Å²) in [5.41, 5.74) is 0. The van der Waals surface area contributed by atoms with Crippen molar-refractivity contribution in [1.29, 1.82) is 0 Å². The Labute approximate surface area is 92.0 Å². The third-order valence-corrected chi connectivity index (χ3v) is 1.28. The summed E-state index contributed by atoms with van der Waals surface area (Å²) >= 11 is 0. The van der Waals surface area contributed by atoms with Crippen LogP contribution in [-0.4, -0.2) is 85.7 Å². The van der Waals surface area contributed by atoms with Crippen molar-refractivity contribution >= 4 is 37.7 Å². The molecule has 0 aromatic carbocycles. The van der Waals surface area contributed by atoms with Gasteiger partial charge in [0.1, 0.15) is 0 Å². The zero-order valence-electron chi connectivity index (χ0n) is 5.88. The van der Waals surface area contributed by atoms with E-state index in [0.717, 1.165) is 6.54 Å². The minimum absolute atomic E-state index is 0. The zero-order chi connectivity index (χ0) is 7.11. The Kier molecular flexibility index (Phi) is 13.9. The molecular weight excluding hydrogens is 158 g/mol. The molecule has 0 amide bonds. The standard InChI is InChI=1S/C6H15NO2.Ca.2H/c1-2-7(3-5-8)4-6-9;;;/h8-9H,2-6H2,1H3;;;. The van der Waals surface area contributed by atoms with Gasteiger partial charge in [0.05, 0.1) is 13.2 Å². The molecule has 2 N–H and O–H groups in total. The summed E-state index contributed by atoms with van der Waals surface area (Å²) in [5.74, 6) is 0. The van der Waals surface area contributed by atoms with E-state index in [2.05, 4.69) is 0 Å². The fourth-order valence-electron chi connectivity index (χ4n) is 0.711. The van der Waals surface area contributed by atoms with Gasteiger partial charge in [0.2, 0.25) is 0 Å². The fourth-order valence-corrected chi connectivity index (χ4v) is 0.711. The molecule has 0 unspecified atom stereocenters. The predicted molar refractivity (Wildman–Crippen MR) is 44.8 cm³/mol. The van der Waals surface area contributed by atoms with Crippen molar-refractivity contribution in [2.24, 2.45) is 0 Å². The molecular formula is C6H17CaNO2. The van der Waals surface area contributed by atoms with Crippen molar-refractivity contribution in [1.82, 2.24) is 4.90 Å². The monoisotopic (exact) mass is 175 g/mol. The van der Waals surface area contributed by atoms with Gasteiger partial charge in [-0.05, 0) is 6.54 Å². The third-order valence-electron chi connectivity index (χ3n) is 1.28. The van der Waals surface area contributed by atoms with Gasteiger partial charge in [-0.15, -0.1) is 0 Å². The number of aliphatic hydroxyl groups excluding tert-OH is 2. The van der Waals surface area contributed by atoms with Crippen LogP contribution in [0.2, 0.25) is 0 Å². The van der Waals surface area contributed by atoms with Crippen LogP contribution in [0, 0.1) is 0 Å². The minimum atomic E-state index is 0. The van der Waals surface area contributed by atoms with Gasteiger partial charge in [-0.3, -0.25) is 4.90 Å². The molecule has 0 aliphatic heterocycles. The molecule has 0 fully saturated rings. The van der Waals surface area contributed by atoms with Gasteiger partial charge in [-0.1, -0.05) is 6.92 Å². The molecule has 4 heteroatoms. The van der Waals surface area contributed by atoms with E-state index in [0.29, 0.717) is 13.1 Å². The molecule has 0 spiro atoms. The van der Waals surface area contributed by atoms with Gasteiger partial charge in [0, 0.05) is 13.1 Å². The normalized spacial score (nSPS) is 9.60. The number of nitrogens with zero attached hydrogens (tertiary/aromatic N) is 1. The van der Waals surface area contributed by atoms with Crippen LogP contribution in [-0.2, 0) is 0 Å². The Morgan fingerprint density at radius 3 is 1.70 bits per heavy atom. The molecule has 0 aromatic rings. The Balaban J connectivity index is 0. The molecule has 0 aromatic heterocycles. The molecule has 10 heavy (non-hydrogen) atoms. The van der Waals surface area contributed by atoms with E-state index < -0.39 is 0 Å². The first kappa shape index (κ1) is 13.7. The molecule has 0 atom stereocenters. The first-order valence-corrected chi connectivity index (χ1v) is 3.29. The quantitative estimate of drug-likeness (QED) is 0.493. The van der Waals surface area contributed by atoms with Gasteiger partial charge in [0.15, 0.2) is 0 Å². The fraction of sp³-hybridized carbons (Fsp3) is 1.00. The van der Waals surface area contributed by atoms with Crippen molar-refractivity contribution in [3.8, 4) is 0 Å². The number of hydrogen-bond acceptors (Lipinski definition) is 3. The van der Waals surface area contributed by atoms with Crippen LogP contribution in [0.15, 0.2) is 0 Å². The van der Waals surface area contributed by atoms with E-state index >= 15 is 0 Å². The van der Waals surface area contributed by atoms with E-state index in [-0.39, 0.29) is 51.0 Å². The molecule has 0 saturated carbocycles. The van der Waals surface area contributed by atoms with Crippen molar-refractivity contribution in [3.05, 3.63) is 0 Å². The summed E-state index contributed by atoms with van der Waals surface area (Å²) in [4.78, 5) is 1.99. The Morgan fingerprint density at radius 1 is 1.10 bits per heavy atom. The van der Waals surface area contributed by atoms with E-state index in [9.17, 15) is 0 Å². The Hall–Kier alpha value is 1.14. The molecule has 0 rings (SSSR count). The van der Waals surface area contributed by atoms with Crippen LogP contribution in [0.4, 0.5) is 0 Å². The van der Waals surface area contributed by atoms with Crippen LogP contribution in [0.1, 0.15) is 6.92 Å². The molecule has 60 valence electrons. The van der Waals surface area contributed by atoms with Crippen molar-refractivity contribution in [2.75, 3.05) is 32.8 Å². The summed E-state index contributed by atoms with van der Waals surface area (Å²) in [6.07, 6.45) is 0. The van der Waals surface area contributed by atoms with E-state index in [4.69, 9.17) is 10.2 Å². The Bertz CT molecular complexity index is 57.7. The van der Waals surface area contributed by atoms with Gasteiger partial charge in [-0.2, -0.15) is 0 Å². The SMILES string of the molecule is CCN(CCO)CCO.[CaH2]. The number of hydrogen-bond donors (Lipinski definition) is 2. The van der Waals surface area contributed by atoms with Crippen molar-refractivity contribution in [3.63, 3.8) is 0 Å². The number of likely N-dealkylation sites (N-methyl/N-ethyl adjacent to an activating group) is 1. The Morgan fingerprint density at radius 2 is 1.50 bits per heavy atom. The summed E-state index contributed by atoms with van der Waals surface area (Å²) < 4.78 is 0. The number of rotatable bonds is 5. The van der Waals surface area contributed by atoms with E-state index in [1.54, 1.807) is 0 Å². The van der Waals surface area contributed by atoms with Crippen LogP contribution in [0.25, 0.3) is 0 Å². The first-order chi connectivity index (χ1) is 4.35. The first-order valence-electron chi connectivity index (χ1n) is 3.29. The second-order valence-corrected chi connectivity index (χ2v) is 1.88. The summed E-state index contributed by atoms with van der Waals surface area (Å²) in [6.45, 7) is 4.57. The molecule has 3 nitrogen and oxygen atoms in total. The molecule has 0 saturated heterocycles. The second-order valence-electron chi connectivity index (χ2n) is 1.88. The maximum atomic E-state index is 8.47. The average Bonchev–Trinajstić information content (AvgIpc) is 1.88. The van der Waals surface area contributed by atoms with Crippen LogP contribution < -0.4 is 0 Å².